The number of hydrogen-bond donors (Lipinski definition) is 2. The van der Waals surface area contributed by atoms with Crippen LogP contribution in [0.2, 0.25) is 5.02 Å². The molecule has 0 aliphatic carbocycles. The molecule has 0 aliphatic rings. The van der Waals surface area contributed by atoms with Gasteiger partial charge in [0.1, 0.15) is 5.82 Å². The Bertz CT molecular complexity index is 654. The molecule has 2 aromatic rings. The Morgan fingerprint density at radius 2 is 2.00 bits per heavy atom. The van der Waals surface area contributed by atoms with E-state index in [2.05, 4.69) is 32.1 Å². The van der Waals surface area contributed by atoms with Crippen LogP contribution in [-0.4, -0.2) is 29.1 Å². The van der Waals surface area contributed by atoms with Crippen LogP contribution in [0.1, 0.15) is 37.2 Å². The van der Waals surface area contributed by atoms with Gasteiger partial charge < -0.3 is 15.2 Å². The molecule has 0 amide bonds. The first kappa shape index (κ1) is 21.8. The Morgan fingerprint density at radius 1 is 1.28 bits per heavy atom. The standard InChI is InChI=1S/C18H26ClN5.HI/c1-14(16-6-8-17(19)9-7-16)23-18(20-3)22-10-4-5-12-24-13-11-21-15(24)2;/h6-9,11,13-14H,4-5,10,12H2,1-3H3,(H2,20,22,23);1H. The summed E-state index contributed by atoms with van der Waals surface area (Å²) in [7, 11) is 1.79. The molecule has 1 aromatic heterocycles. The molecule has 0 fully saturated rings. The van der Waals surface area contributed by atoms with Crippen LogP contribution in [0.5, 0.6) is 0 Å². The predicted octanol–water partition coefficient (Wildman–Crippen LogP) is 4.17. The molecule has 2 N–H and O–H groups in total. The summed E-state index contributed by atoms with van der Waals surface area (Å²) in [6.45, 7) is 6.03. The Balaban J connectivity index is 0.00000312. The van der Waals surface area contributed by atoms with Crippen molar-refractivity contribution < 1.29 is 0 Å². The summed E-state index contributed by atoms with van der Waals surface area (Å²) >= 11 is 5.93. The number of halogens is 2. The third kappa shape index (κ3) is 7.23. The summed E-state index contributed by atoms with van der Waals surface area (Å²) in [4.78, 5) is 8.52. The van der Waals surface area contributed by atoms with Gasteiger partial charge in [0.15, 0.2) is 5.96 Å². The highest BCUT2D eigenvalue weighted by atomic mass is 127. The number of imidazole rings is 1. The van der Waals surface area contributed by atoms with Gasteiger partial charge in [-0.15, -0.1) is 24.0 Å². The van der Waals surface area contributed by atoms with Gasteiger partial charge in [0.2, 0.25) is 0 Å². The summed E-state index contributed by atoms with van der Waals surface area (Å²) in [5.41, 5.74) is 1.18. The van der Waals surface area contributed by atoms with E-state index >= 15 is 0 Å². The molecular formula is C18H27ClIN5. The van der Waals surface area contributed by atoms with Crippen LogP contribution in [0.4, 0.5) is 0 Å². The molecule has 0 radical (unpaired) electrons. The van der Waals surface area contributed by atoms with E-state index in [0.717, 1.165) is 42.7 Å². The summed E-state index contributed by atoms with van der Waals surface area (Å²) in [6.07, 6.45) is 6.05. The van der Waals surface area contributed by atoms with E-state index < -0.39 is 0 Å². The quantitative estimate of drug-likeness (QED) is 0.273. The van der Waals surface area contributed by atoms with E-state index in [4.69, 9.17) is 11.6 Å². The summed E-state index contributed by atoms with van der Waals surface area (Å²) in [6, 6.07) is 8.04. The van der Waals surface area contributed by atoms with E-state index in [-0.39, 0.29) is 30.0 Å². The lowest BCUT2D eigenvalue weighted by Crippen LogP contribution is -2.39. The number of aliphatic imine (C=N–C) groups is 1. The largest absolute Gasteiger partial charge is 0.356 e. The molecule has 25 heavy (non-hydrogen) atoms. The van der Waals surface area contributed by atoms with Crippen molar-refractivity contribution in [3.05, 3.63) is 53.1 Å². The van der Waals surface area contributed by atoms with Crippen LogP contribution in [0.15, 0.2) is 41.7 Å². The number of nitrogens with one attached hydrogen (secondary N) is 2. The number of nitrogens with zero attached hydrogens (tertiary/aromatic N) is 3. The predicted molar refractivity (Wildman–Crippen MR) is 116 cm³/mol. The zero-order chi connectivity index (χ0) is 17.4. The minimum Gasteiger partial charge on any atom is -0.356 e. The first-order chi connectivity index (χ1) is 11.6. The third-order valence-electron chi connectivity index (χ3n) is 3.99. The molecule has 1 aromatic carbocycles. The molecule has 1 heterocycles. The number of guanidine groups is 1. The maximum atomic E-state index is 5.93. The van der Waals surface area contributed by atoms with E-state index in [1.54, 1.807) is 7.05 Å². The molecule has 2 rings (SSSR count). The van der Waals surface area contributed by atoms with Crippen molar-refractivity contribution in [2.45, 2.75) is 39.3 Å². The van der Waals surface area contributed by atoms with Gasteiger partial charge in [-0.05, 0) is 44.4 Å². The number of aromatic nitrogens is 2. The van der Waals surface area contributed by atoms with Crippen molar-refractivity contribution in [1.29, 1.82) is 0 Å². The summed E-state index contributed by atoms with van der Waals surface area (Å²) < 4.78 is 2.18. The number of rotatable bonds is 7. The second-order valence-electron chi connectivity index (χ2n) is 5.79. The summed E-state index contributed by atoms with van der Waals surface area (Å²) in [5.74, 6) is 1.88. The fourth-order valence-electron chi connectivity index (χ4n) is 2.49. The zero-order valence-corrected chi connectivity index (χ0v) is 18.1. The van der Waals surface area contributed by atoms with Gasteiger partial charge in [-0.2, -0.15) is 0 Å². The van der Waals surface area contributed by atoms with Gasteiger partial charge in [-0.1, -0.05) is 23.7 Å². The molecule has 0 spiro atoms. The van der Waals surface area contributed by atoms with Crippen LogP contribution >= 0.6 is 35.6 Å². The highest BCUT2D eigenvalue weighted by Gasteiger charge is 2.07. The van der Waals surface area contributed by atoms with Crippen LogP contribution in [0, 0.1) is 6.92 Å². The number of benzene rings is 1. The van der Waals surface area contributed by atoms with Crippen LogP contribution in [0.3, 0.4) is 0 Å². The normalized spacial score (nSPS) is 12.4. The Kier molecular flexibility index (Phi) is 9.89. The Hall–Kier alpha value is -1.28. The molecule has 1 atom stereocenters. The van der Waals surface area contributed by atoms with Gasteiger partial charge in [-0.25, -0.2) is 4.98 Å². The van der Waals surface area contributed by atoms with Gasteiger partial charge >= 0.3 is 0 Å². The number of hydrogen-bond acceptors (Lipinski definition) is 2. The maximum absolute atomic E-state index is 5.93. The molecule has 1 unspecified atom stereocenters. The maximum Gasteiger partial charge on any atom is 0.191 e. The van der Waals surface area contributed by atoms with Crippen molar-refractivity contribution in [2.75, 3.05) is 13.6 Å². The monoisotopic (exact) mass is 475 g/mol. The van der Waals surface area contributed by atoms with Gasteiger partial charge in [0.05, 0.1) is 6.04 Å². The lowest BCUT2D eigenvalue weighted by molar-refractivity contribution is 0.585. The minimum absolute atomic E-state index is 0. The topological polar surface area (TPSA) is 54.2 Å². The van der Waals surface area contributed by atoms with Crippen LogP contribution in [-0.2, 0) is 6.54 Å². The van der Waals surface area contributed by atoms with E-state index in [1.165, 1.54) is 5.56 Å². The van der Waals surface area contributed by atoms with E-state index in [0.29, 0.717) is 0 Å². The second kappa shape index (κ2) is 11.4. The Labute approximate surface area is 172 Å². The van der Waals surface area contributed by atoms with Crippen LogP contribution < -0.4 is 10.6 Å². The Morgan fingerprint density at radius 3 is 2.60 bits per heavy atom. The smallest absolute Gasteiger partial charge is 0.191 e. The molecular weight excluding hydrogens is 449 g/mol. The number of unbranched alkanes of at least 4 members (excludes halogenated alkanes) is 1. The first-order valence-electron chi connectivity index (χ1n) is 8.30. The van der Waals surface area contributed by atoms with E-state index in [1.807, 2.05) is 43.6 Å². The molecule has 0 bridgehead atoms. The summed E-state index contributed by atoms with van der Waals surface area (Å²) in [5, 5.41) is 7.51. The van der Waals surface area contributed by atoms with Gasteiger partial charge in [-0.3, -0.25) is 4.99 Å². The van der Waals surface area contributed by atoms with Gasteiger partial charge in [0, 0.05) is 37.6 Å². The molecule has 5 nitrogen and oxygen atoms in total. The average molecular weight is 476 g/mol. The third-order valence-corrected chi connectivity index (χ3v) is 4.24. The highest BCUT2D eigenvalue weighted by molar-refractivity contribution is 14.0. The van der Waals surface area contributed by atoms with Crippen molar-refractivity contribution in [3.63, 3.8) is 0 Å². The molecule has 0 saturated carbocycles. The first-order valence-corrected chi connectivity index (χ1v) is 8.68. The average Bonchev–Trinajstić information content (AvgIpc) is 2.99. The fraction of sp³-hybridized carbons (Fsp3) is 0.444. The van der Waals surface area contributed by atoms with E-state index in [9.17, 15) is 0 Å². The highest BCUT2D eigenvalue weighted by Crippen LogP contribution is 2.15. The molecule has 0 aliphatic heterocycles. The van der Waals surface area contributed by atoms with Gasteiger partial charge in [0.25, 0.3) is 0 Å². The SMILES string of the molecule is CN=C(NCCCCn1ccnc1C)NC(C)c1ccc(Cl)cc1.I. The molecule has 0 saturated heterocycles. The molecule has 138 valence electrons. The van der Waals surface area contributed by atoms with Crippen molar-refractivity contribution in [3.8, 4) is 0 Å². The van der Waals surface area contributed by atoms with Crippen molar-refractivity contribution in [1.82, 2.24) is 20.2 Å². The molecule has 7 heteroatoms. The van der Waals surface area contributed by atoms with Crippen molar-refractivity contribution >= 4 is 41.5 Å². The number of aryl methyl sites for hydroxylation is 2. The second-order valence-corrected chi connectivity index (χ2v) is 6.23. The van der Waals surface area contributed by atoms with Crippen molar-refractivity contribution in [2.24, 2.45) is 4.99 Å². The minimum atomic E-state index is 0. The van der Waals surface area contributed by atoms with Crippen LogP contribution in [0.25, 0.3) is 0 Å². The zero-order valence-electron chi connectivity index (χ0n) is 15.0. The lowest BCUT2D eigenvalue weighted by atomic mass is 10.1. The lowest BCUT2D eigenvalue weighted by Gasteiger charge is -2.18. The fourth-order valence-corrected chi connectivity index (χ4v) is 2.61.